The van der Waals surface area contributed by atoms with Crippen LogP contribution in [0.5, 0.6) is 0 Å². The van der Waals surface area contributed by atoms with Crippen LogP contribution in [-0.2, 0) is 4.74 Å². The molecule has 172 valence electrons. The minimum atomic E-state index is -0.845. The summed E-state index contributed by atoms with van der Waals surface area (Å²) in [4.78, 5) is 11.9. The number of hydrogen-bond acceptors (Lipinski definition) is 6. The number of nitrogens with one attached hydrogen (secondary N) is 2. The molecule has 0 aliphatic carbocycles. The fourth-order valence-corrected chi connectivity index (χ4v) is 3.78. The standard InChI is InChI=1S/C20H42N6O2.HI/c1-5-21-19(22-15-18(3)26-9-7-24(6-2)8-10-26)23-16-20(4,27)17-25-11-13-28-14-12-25;/h18,27H,5-17H2,1-4H3,(H2,21,22,23);1H. The predicted octanol–water partition coefficient (Wildman–Crippen LogP) is 0.269. The smallest absolute Gasteiger partial charge is 0.191 e. The Labute approximate surface area is 194 Å². The molecule has 0 radical (unpaired) electrons. The molecule has 2 atom stereocenters. The molecule has 2 aliphatic heterocycles. The van der Waals surface area contributed by atoms with Crippen LogP contribution in [0.4, 0.5) is 0 Å². The first-order valence-electron chi connectivity index (χ1n) is 10.9. The number of nitrogens with zero attached hydrogens (tertiary/aromatic N) is 4. The van der Waals surface area contributed by atoms with Crippen LogP contribution < -0.4 is 10.6 Å². The van der Waals surface area contributed by atoms with Crippen LogP contribution in [0, 0.1) is 0 Å². The predicted molar refractivity (Wildman–Crippen MR) is 130 cm³/mol. The Hall–Kier alpha value is -0.200. The molecule has 9 heteroatoms. The third kappa shape index (κ3) is 10.1. The molecule has 3 N–H and O–H groups in total. The Morgan fingerprint density at radius 1 is 1.07 bits per heavy atom. The summed E-state index contributed by atoms with van der Waals surface area (Å²) in [5, 5.41) is 17.5. The molecule has 2 rings (SSSR count). The van der Waals surface area contributed by atoms with Crippen LogP contribution in [-0.4, -0.2) is 123 Å². The molecule has 2 fully saturated rings. The third-order valence-corrected chi connectivity index (χ3v) is 5.63. The number of halogens is 1. The van der Waals surface area contributed by atoms with E-state index in [-0.39, 0.29) is 24.0 Å². The van der Waals surface area contributed by atoms with Crippen molar-refractivity contribution in [3.05, 3.63) is 0 Å². The fraction of sp³-hybridized carbons (Fsp3) is 0.950. The molecule has 2 saturated heterocycles. The van der Waals surface area contributed by atoms with Crippen molar-refractivity contribution >= 4 is 29.9 Å². The molecule has 0 aromatic carbocycles. The van der Waals surface area contributed by atoms with E-state index in [4.69, 9.17) is 4.74 Å². The average molecular weight is 527 g/mol. The highest BCUT2D eigenvalue weighted by Crippen LogP contribution is 2.09. The summed E-state index contributed by atoms with van der Waals surface area (Å²) in [5.41, 5.74) is -0.845. The van der Waals surface area contributed by atoms with E-state index in [2.05, 4.69) is 51.1 Å². The summed E-state index contributed by atoms with van der Waals surface area (Å²) in [6.45, 7) is 20.0. The Morgan fingerprint density at radius 3 is 2.31 bits per heavy atom. The van der Waals surface area contributed by atoms with Gasteiger partial charge >= 0.3 is 0 Å². The van der Waals surface area contributed by atoms with Crippen LogP contribution in [0.25, 0.3) is 0 Å². The zero-order valence-electron chi connectivity index (χ0n) is 18.8. The van der Waals surface area contributed by atoms with Crippen molar-refractivity contribution in [2.45, 2.75) is 39.3 Å². The maximum Gasteiger partial charge on any atom is 0.191 e. The van der Waals surface area contributed by atoms with Crippen LogP contribution in [0.1, 0.15) is 27.7 Å². The van der Waals surface area contributed by atoms with Gasteiger partial charge in [0.05, 0.1) is 25.4 Å². The Balaban J connectivity index is 0.00000420. The molecule has 0 saturated carbocycles. The molecular weight excluding hydrogens is 483 g/mol. The molecule has 0 bridgehead atoms. The van der Waals surface area contributed by atoms with Gasteiger partial charge in [-0.3, -0.25) is 14.8 Å². The third-order valence-electron chi connectivity index (χ3n) is 5.63. The van der Waals surface area contributed by atoms with Crippen LogP contribution in [0.2, 0.25) is 0 Å². The van der Waals surface area contributed by atoms with Gasteiger partial charge in [-0.2, -0.15) is 0 Å². The first-order valence-corrected chi connectivity index (χ1v) is 10.9. The lowest BCUT2D eigenvalue weighted by atomic mass is 10.1. The topological polar surface area (TPSA) is 75.6 Å². The van der Waals surface area contributed by atoms with Gasteiger partial charge in [-0.15, -0.1) is 24.0 Å². The fourth-order valence-electron chi connectivity index (χ4n) is 3.78. The van der Waals surface area contributed by atoms with E-state index in [9.17, 15) is 5.11 Å². The molecule has 2 aliphatic rings. The zero-order valence-corrected chi connectivity index (χ0v) is 21.2. The monoisotopic (exact) mass is 526 g/mol. The van der Waals surface area contributed by atoms with Crippen LogP contribution >= 0.6 is 24.0 Å². The number of morpholine rings is 1. The Morgan fingerprint density at radius 2 is 1.72 bits per heavy atom. The SMILES string of the molecule is CCNC(=NCC(C)(O)CN1CCOCC1)NCC(C)N1CCN(CC)CC1.I. The van der Waals surface area contributed by atoms with Crippen molar-refractivity contribution in [3.63, 3.8) is 0 Å². The van der Waals surface area contributed by atoms with Crippen molar-refractivity contribution < 1.29 is 9.84 Å². The molecule has 0 spiro atoms. The van der Waals surface area contributed by atoms with E-state index in [1.54, 1.807) is 0 Å². The Bertz CT molecular complexity index is 466. The molecule has 29 heavy (non-hydrogen) atoms. The number of hydrogen-bond donors (Lipinski definition) is 3. The van der Waals surface area contributed by atoms with Gasteiger partial charge in [-0.25, -0.2) is 0 Å². The molecule has 0 aromatic heterocycles. The molecule has 2 heterocycles. The second-order valence-electron chi connectivity index (χ2n) is 8.28. The Kier molecular flexibility index (Phi) is 12.9. The van der Waals surface area contributed by atoms with E-state index >= 15 is 0 Å². The van der Waals surface area contributed by atoms with Gasteiger partial charge in [0.1, 0.15) is 0 Å². The van der Waals surface area contributed by atoms with Gasteiger partial charge in [-0.05, 0) is 27.3 Å². The first kappa shape index (κ1) is 26.8. The summed E-state index contributed by atoms with van der Waals surface area (Å²) in [6, 6.07) is 0.455. The first-order chi connectivity index (χ1) is 13.4. The quantitative estimate of drug-likeness (QED) is 0.226. The normalized spacial score (nSPS) is 23.1. The van der Waals surface area contributed by atoms with Gasteiger partial charge in [0, 0.05) is 64.9 Å². The number of rotatable bonds is 9. The van der Waals surface area contributed by atoms with Gasteiger partial charge in [0.2, 0.25) is 0 Å². The number of aliphatic hydroxyl groups is 1. The van der Waals surface area contributed by atoms with E-state index in [1.165, 1.54) is 0 Å². The summed E-state index contributed by atoms with van der Waals surface area (Å²) in [7, 11) is 0. The van der Waals surface area contributed by atoms with E-state index in [0.717, 1.165) is 78.1 Å². The maximum atomic E-state index is 10.8. The van der Waals surface area contributed by atoms with Gasteiger partial charge in [-0.1, -0.05) is 6.92 Å². The van der Waals surface area contributed by atoms with Crippen LogP contribution in [0.15, 0.2) is 4.99 Å². The second-order valence-corrected chi connectivity index (χ2v) is 8.28. The number of ether oxygens (including phenoxy) is 1. The second kappa shape index (κ2) is 14.0. The minimum Gasteiger partial charge on any atom is -0.387 e. The summed E-state index contributed by atoms with van der Waals surface area (Å²) < 4.78 is 5.38. The van der Waals surface area contributed by atoms with E-state index in [0.29, 0.717) is 19.1 Å². The van der Waals surface area contributed by atoms with E-state index in [1.807, 2.05) is 6.92 Å². The van der Waals surface area contributed by atoms with Crippen molar-refractivity contribution in [2.24, 2.45) is 4.99 Å². The molecule has 0 aromatic rings. The maximum absolute atomic E-state index is 10.8. The minimum absolute atomic E-state index is 0. The number of likely N-dealkylation sites (N-methyl/N-ethyl adjacent to an activating group) is 1. The van der Waals surface area contributed by atoms with Crippen molar-refractivity contribution in [2.75, 3.05) is 85.2 Å². The summed E-state index contributed by atoms with van der Waals surface area (Å²) >= 11 is 0. The lowest BCUT2D eigenvalue weighted by molar-refractivity contribution is -0.0180. The highest BCUT2D eigenvalue weighted by Gasteiger charge is 2.25. The number of guanidine groups is 1. The van der Waals surface area contributed by atoms with Crippen molar-refractivity contribution in [1.82, 2.24) is 25.3 Å². The average Bonchev–Trinajstić information content (AvgIpc) is 2.70. The van der Waals surface area contributed by atoms with Crippen LogP contribution in [0.3, 0.4) is 0 Å². The number of aliphatic imine (C=N–C) groups is 1. The highest BCUT2D eigenvalue weighted by molar-refractivity contribution is 14.0. The molecular formula is C20H43IN6O2. The van der Waals surface area contributed by atoms with Gasteiger partial charge in [0.25, 0.3) is 0 Å². The number of piperazine rings is 1. The summed E-state index contributed by atoms with van der Waals surface area (Å²) in [6.07, 6.45) is 0. The van der Waals surface area contributed by atoms with Gasteiger partial charge < -0.3 is 25.4 Å². The van der Waals surface area contributed by atoms with Gasteiger partial charge in [0.15, 0.2) is 5.96 Å². The molecule has 0 amide bonds. The molecule has 8 nitrogen and oxygen atoms in total. The van der Waals surface area contributed by atoms with E-state index < -0.39 is 5.60 Å². The highest BCUT2D eigenvalue weighted by atomic mass is 127. The lowest BCUT2D eigenvalue weighted by Gasteiger charge is -2.37. The van der Waals surface area contributed by atoms with Crippen molar-refractivity contribution in [3.8, 4) is 0 Å². The largest absolute Gasteiger partial charge is 0.387 e. The zero-order chi connectivity index (χ0) is 20.4. The molecule has 2 unspecified atom stereocenters. The van der Waals surface area contributed by atoms with Crippen molar-refractivity contribution in [1.29, 1.82) is 0 Å². The summed E-state index contributed by atoms with van der Waals surface area (Å²) in [5.74, 6) is 0.781. The lowest BCUT2D eigenvalue weighted by Crippen LogP contribution is -2.53. The number of β-amino-alcohol motifs (C(OH)–C–C–N with tert-alkyl or cyclic N) is 1.